The summed E-state index contributed by atoms with van der Waals surface area (Å²) in [5.74, 6) is -0.298. The largest absolute Gasteiger partial charge is 0.444 e. The summed E-state index contributed by atoms with van der Waals surface area (Å²) in [5.41, 5.74) is 4.44. The number of rotatable bonds is 2. The second-order valence-electron chi connectivity index (χ2n) is 8.46. The third kappa shape index (κ3) is 2.63. The molecule has 0 bridgehead atoms. The van der Waals surface area contributed by atoms with Gasteiger partial charge in [-0.3, -0.25) is 4.79 Å². The third-order valence-corrected chi connectivity index (χ3v) is 6.59. The number of carbonyl (C=O) groups excluding carboxylic acids is 1. The molecule has 0 amide bonds. The molecular weight excluding hydrogens is 392 g/mol. The van der Waals surface area contributed by atoms with Crippen LogP contribution in [0.3, 0.4) is 0 Å². The molecule has 0 aliphatic heterocycles. The van der Waals surface area contributed by atoms with Crippen LogP contribution in [0.1, 0.15) is 34.7 Å². The van der Waals surface area contributed by atoms with Crippen LogP contribution < -0.4 is 0 Å². The van der Waals surface area contributed by atoms with Crippen molar-refractivity contribution in [2.75, 3.05) is 0 Å². The van der Waals surface area contributed by atoms with Gasteiger partial charge in [-0.2, -0.15) is 0 Å². The van der Waals surface area contributed by atoms with Gasteiger partial charge in [-0.25, -0.2) is 0 Å². The Bertz CT molecular complexity index is 1410. The minimum Gasteiger partial charge on any atom is -0.444 e. The van der Waals surface area contributed by atoms with Crippen molar-refractivity contribution in [1.29, 1.82) is 0 Å². The first kappa shape index (κ1) is 18.8. The Morgan fingerprint density at radius 2 is 1.16 bits per heavy atom. The predicted octanol–water partition coefficient (Wildman–Crippen LogP) is 6.75. The van der Waals surface area contributed by atoms with Gasteiger partial charge in [-0.05, 0) is 45.2 Å². The molecule has 32 heavy (non-hydrogen) atoms. The molecule has 0 radical (unpaired) electrons. The van der Waals surface area contributed by atoms with E-state index in [0.29, 0.717) is 0 Å². The van der Waals surface area contributed by atoms with E-state index in [-0.39, 0.29) is 5.97 Å². The summed E-state index contributed by atoms with van der Waals surface area (Å²) >= 11 is 0. The topological polar surface area (TPSA) is 26.3 Å². The molecule has 0 N–H and O–H groups in total. The van der Waals surface area contributed by atoms with Gasteiger partial charge in [0.05, 0.1) is 0 Å². The van der Waals surface area contributed by atoms with Crippen LogP contribution in [0.15, 0.2) is 103 Å². The van der Waals surface area contributed by atoms with Gasteiger partial charge in [0.25, 0.3) is 0 Å². The molecular formula is C30H22O2. The van der Waals surface area contributed by atoms with Crippen LogP contribution >= 0.6 is 0 Å². The number of esters is 1. The minimum absolute atomic E-state index is 0.298. The Labute approximate surface area is 187 Å². The Kier molecular flexibility index (Phi) is 4.16. The van der Waals surface area contributed by atoms with E-state index in [1.165, 1.54) is 18.1 Å². The number of ether oxygens (including phenoxy) is 1. The maximum absolute atomic E-state index is 12.8. The Hall–Kier alpha value is -3.91. The highest BCUT2D eigenvalue weighted by molar-refractivity contribution is 6.04. The zero-order valence-electron chi connectivity index (χ0n) is 17.8. The number of hydrogen-bond donors (Lipinski definition) is 0. The minimum atomic E-state index is -1.03. The van der Waals surface area contributed by atoms with E-state index < -0.39 is 5.60 Å². The highest BCUT2D eigenvalue weighted by atomic mass is 16.6. The molecule has 0 spiro atoms. The smallest absolute Gasteiger partial charge is 0.304 e. The maximum atomic E-state index is 12.8. The quantitative estimate of drug-likeness (QED) is 0.236. The van der Waals surface area contributed by atoms with Crippen LogP contribution in [0.5, 0.6) is 0 Å². The number of fused-ring (bicyclic) bond motifs is 4. The Morgan fingerprint density at radius 1 is 0.688 bits per heavy atom. The second kappa shape index (κ2) is 7.06. The first-order chi connectivity index (χ1) is 15.7. The van der Waals surface area contributed by atoms with Crippen molar-refractivity contribution in [2.45, 2.75) is 18.9 Å². The summed E-state index contributed by atoms with van der Waals surface area (Å²) in [6, 6.07) is 35.7. The van der Waals surface area contributed by atoms with Gasteiger partial charge in [0.2, 0.25) is 0 Å². The fourth-order valence-electron chi connectivity index (χ4n) is 5.43. The molecule has 154 valence electrons. The molecule has 0 saturated carbocycles. The Balaban J connectivity index is 1.88. The summed E-state index contributed by atoms with van der Waals surface area (Å²) in [6.45, 7) is 1.51. The van der Waals surface area contributed by atoms with Gasteiger partial charge in [0, 0.05) is 23.6 Å². The van der Waals surface area contributed by atoms with Crippen molar-refractivity contribution in [1.82, 2.24) is 0 Å². The van der Waals surface area contributed by atoms with E-state index >= 15 is 0 Å². The van der Waals surface area contributed by atoms with E-state index in [0.717, 1.165) is 44.7 Å². The Morgan fingerprint density at radius 3 is 1.69 bits per heavy atom. The lowest BCUT2D eigenvalue weighted by molar-refractivity contribution is -0.150. The van der Waals surface area contributed by atoms with Gasteiger partial charge in [-0.1, -0.05) is 97.1 Å². The second-order valence-corrected chi connectivity index (χ2v) is 8.46. The summed E-state index contributed by atoms with van der Waals surface area (Å²) < 4.78 is 6.50. The van der Waals surface area contributed by atoms with Crippen molar-refractivity contribution in [3.8, 4) is 0 Å². The SMILES string of the molecule is CC(=O)OC1(c2c3ccccc3cc3ccccc23)c2ccccc2Cc2ccccc21. The average Bonchev–Trinajstić information content (AvgIpc) is 2.82. The predicted molar refractivity (Wildman–Crippen MR) is 129 cm³/mol. The molecule has 5 aromatic rings. The van der Waals surface area contributed by atoms with Gasteiger partial charge in [0.1, 0.15) is 0 Å². The van der Waals surface area contributed by atoms with Crippen LogP contribution in [-0.2, 0) is 21.6 Å². The molecule has 1 aliphatic rings. The van der Waals surface area contributed by atoms with Crippen molar-refractivity contribution >= 4 is 27.5 Å². The lowest BCUT2D eigenvalue weighted by atomic mass is 9.69. The molecule has 2 heteroatoms. The number of hydrogen-bond acceptors (Lipinski definition) is 2. The van der Waals surface area contributed by atoms with Crippen molar-refractivity contribution in [2.24, 2.45) is 0 Å². The van der Waals surface area contributed by atoms with Crippen molar-refractivity contribution in [3.63, 3.8) is 0 Å². The lowest BCUT2D eigenvalue weighted by Gasteiger charge is -2.41. The third-order valence-electron chi connectivity index (χ3n) is 6.59. The maximum Gasteiger partial charge on any atom is 0.304 e. The zero-order valence-corrected chi connectivity index (χ0v) is 17.8. The average molecular weight is 415 g/mol. The molecule has 0 saturated heterocycles. The molecule has 0 atom stereocenters. The monoisotopic (exact) mass is 414 g/mol. The molecule has 0 heterocycles. The van der Waals surface area contributed by atoms with Crippen LogP contribution in [0.25, 0.3) is 21.5 Å². The molecule has 2 nitrogen and oxygen atoms in total. The van der Waals surface area contributed by atoms with Gasteiger partial charge >= 0.3 is 5.97 Å². The van der Waals surface area contributed by atoms with E-state index in [2.05, 4.69) is 91.0 Å². The number of benzene rings is 5. The van der Waals surface area contributed by atoms with E-state index in [4.69, 9.17) is 4.74 Å². The molecule has 0 unspecified atom stereocenters. The molecule has 6 rings (SSSR count). The van der Waals surface area contributed by atoms with Gasteiger partial charge in [-0.15, -0.1) is 0 Å². The van der Waals surface area contributed by atoms with Crippen LogP contribution in [0.2, 0.25) is 0 Å². The van der Waals surface area contributed by atoms with Crippen LogP contribution in [0.4, 0.5) is 0 Å². The summed E-state index contributed by atoms with van der Waals surface area (Å²) in [6.07, 6.45) is 0.818. The summed E-state index contributed by atoms with van der Waals surface area (Å²) in [7, 11) is 0. The normalized spacial score (nSPS) is 14.0. The van der Waals surface area contributed by atoms with Gasteiger partial charge < -0.3 is 4.74 Å². The van der Waals surface area contributed by atoms with Crippen molar-refractivity contribution in [3.05, 3.63) is 131 Å². The number of carbonyl (C=O) groups is 1. The lowest BCUT2D eigenvalue weighted by Crippen LogP contribution is -2.39. The first-order valence-electron chi connectivity index (χ1n) is 11.0. The summed E-state index contributed by atoms with van der Waals surface area (Å²) in [5, 5.41) is 4.46. The molecule has 1 aliphatic carbocycles. The van der Waals surface area contributed by atoms with Crippen LogP contribution in [-0.4, -0.2) is 5.97 Å². The van der Waals surface area contributed by atoms with Crippen molar-refractivity contribution < 1.29 is 9.53 Å². The van der Waals surface area contributed by atoms with E-state index in [9.17, 15) is 4.79 Å². The molecule has 0 aromatic heterocycles. The van der Waals surface area contributed by atoms with Crippen LogP contribution in [0, 0.1) is 0 Å². The zero-order chi connectivity index (χ0) is 21.7. The molecule has 0 fully saturated rings. The highest BCUT2D eigenvalue weighted by Crippen LogP contribution is 2.51. The highest BCUT2D eigenvalue weighted by Gasteiger charge is 2.47. The van der Waals surface area contributed by atoms with E-state index in [1.54, 1.807) is 0 Å². The standard InChI is InChI=1S/C30H22O2/c1-20(31)32-30(27-16-8-4-12-23(27)19-24-13-5-9-17-28(24)30)29-25-14-6-2-10-21(25)18-22-11-3-7-15-26(22)29/h2-18H,19H2,1H3. The molecule has 5 aromatic carbocycles. The summed E-state index contributed by atoms with van der Waals surface area (Å²) in [4.78, 5) is 12.8. The fourth-order valence-corrected chi connectivity index (χ4v) is 5.43. The van der Waals surface area contributed by atoms with Gasteiger partial charge in [0.15, 0.2) is 5.60 Å². The first-order valence-corrected chi connectivity index (χ1v) is 11.0. The van der Waals surface area contributed by atoms with E-state index in [1.807, 2.05) is 12.1 Å². The fraction of sp³-hybridized carbons (Fsp3) is 0.100.